The van der Waals surface area contributed by atoms with Crippen molar-refractivity contribution < 1.29 is 0 Å². The van der Waals surface area contributed by atoms with E-state index in [1.165, 1.54) is 76.5 Å². The van der Waals surface area contributed by atoms with Gasteiger partial charge in [-0.05, 0) is 81.9 Å². The average molecular weight is 624 g/mol. The third-order valence-electron chi connectivity index (χ3n) is 10.4. The van der Waals surface area contributed by atoms with Gasteiger partial charge in [-0.3, -0.25) is 8.80 Å². The zero-order valence-electron chi connectivity index (χ0n) is 26.6. The molecular weight excluding hydrogens is 595 g/mol. The Morgan fingerprint density at radius 2 is 0.918 bits per heavy atom. The topological polar surface area (TPSA) is 12.1 Å². The Morgan fingerprint density at radius 3 is 1.67 bits per heavy atom. The predicted molar refractivity (Wildman–Crippen MR) is 207 cm³/mol. The Bertz CT molecular complexity index is 3040. The highest BCUT2D eigenvalue weighted by atomic mass is 15.1. The van der Waals surface area contributed by atoms with Crippen LogP contribution in [0.3, 0.4) is 0 Å². The Balaban J connectivity index is 1.17. The van der Waals surface area contributed by atoms with Crippen molar-refractivity contribution in [1.29, 1.82) is 0 Å². The molecule has 0 saturated carbocycles. The molecule has 0 saturated heterocycles. The van der Waals surface area contributed by atoms with Gasteiger partial charge in [0.05, 0.1) is 27.8 Å². The average Bonchev–Trinajstić information content (AvgIpc) is 3.80. The third-order valence-corrected chi connectivity index (χ3v) is 10.4. The van der Waals surface area contributed by atoms with E-state index in [1.807, 2.05) is 0 Å². The van der Waals surface area contributed by atoms with Crippen LogP contribution in [-0.2, 0) is 0 Å². The van der Waals surface area contributed by atoms with E-state index in [0.29, 0.717) is 0 Å². The van der Waals surface area contributed by atoms with Crippen molar-refractivity contribution >= 4 is 82.5 Å². The molecule has 3 heteroatoms. The predicted octanol–water partition coefficient (Wildman–Crippen LogP) is 12.5. The maximum Gasteiger partial charge on any atom is 0.131 e. The maximum absolute atomic E-state index is 2.45. The van der Waals surface area contributed by atoms with Crippen LogP contribution in [0.1, 0.15) is 0 Å². The molecule has 11 aromatic rings. The third kappa shape index (κ3) is 3.67. The summed E-state index contributed by atoms with van der Waals surface area (Å²) in [5, 5.41) is 8.81. The van der Waals surface area contributed by atoms with Crippen LogP contribution in [0.25, 0.3) is 76.5 Å². The van der Waals surface area contributed by atoms with Gasteiger partial charge >= 0.3 is 0 Å². The van der Waals surface area contributed by atoms with Crippen molar-refractivity contribution in [2.45, 2.75) is 0 Å². The van der Waals surface area contributed by atoms with E-state index in [-0.39, 0.29) is 0 Å². The van der Waals surface area contributed by atoms with Gasteiger partial charge < -0.3 is 4.90 Å². The molecule has 0 amide bonds. The van der Waals surface area contributed by atoms with Crippen molar-refractivity contribution in [2.75, 3.05) is 4.90 Å². The summed E-state index contributed by atoms with van der Waals surface area (Å²) >= 11 is 0. The number of hydrogen-bond donors (Lipinski definition) is 0. The first-order valence-electron chi connectivity index (χ1n) is 16.9. The molecule has 0 spiro atoms. The number of hydrogen-bond acceptors (Lipinski definition) is 1. The molecule has 228 valence electrons. The molecule has 8 aromatic carbocycles. The first-order chi connectivity index (χ1) is 24.3. The first kappa shape index (κ1) is 26.5. The van der Waals surface area contributed by atoms with Gasteiger partial charge in [-0.1, -0.05) is 121 Å². The van der Waals surface area contributed by atoms with Gasteiger partial charge in [-0.25, -0.2) is 0 Å². The summed E-state index contributed by atoms with van der Waals surface area (Å²) in [5.41, 5.74) is 12.0. The second-order valence-corrected chi connectivity index (χ2v) is 13.0. The lowest BCUT2D eigenvalue weighted by Gasteiger charge is -2.27. The molecule has 0 fully saturated rings. The van der Waals surface area contributed by atoms with E-state index in [9.17, 15) is 0 Å². The number of fused-ring (bicyclic) bond motifs is 11. The molecule has 0 aliphatic rings. The second kappa shape index (κ2) is 9.96. The van der Waals surface area contributed by atoms with Crippen LogP contribution in [0.5, 0.6) is 0 Å². The molecular formula is C46H29N3. The second-order valence-electron chi connectivity index (χ2n) is 13.0. The van der Waals surface area contributed by atoms with Crippen LogP contribution in [0, 0.1) is 0 Å². The molecule has 0 atom stereocenters. The maximum atomic E-state index is 2.45. The minimum atomic E-state index is 1.12. The molecule has 0 bridgehead atoms. The molecule has 0 aliphatic carbocycles. The fourth-order valence-corrected chi connectivity index (χ4v) is 8.30. The van der Waals surface area contributed by atoms with Crippen LogP contribution in [-0.4, -0.2) is 8.80 Å². The highest BCUT2D eigenvalue weighted by Gasteiger charge is 2.24. The largest absolute Gasteiger partial charge is 0.310 e. The summed E-state index contributed by atoms with van der Waals surface area (Å²) in [4.78, 5) is 2.43. The van der Waals surface area contributed by atoms with E-state index in [0.717, 1.165) is 17.1 Å². The van der Waals surface area contributed by atoms with Crippen molar-refractivity contribution in [3.63, 3.8) is 0 Å². The molecule has 3 heterocycles. The number of aromatic nitrogens is 2. The number of para-hydroxylation sites is 3. The molecule has 0 N–H and O–H groups in total. The van der Waals surface area contributed by atoms with Crippen molar-refractivity contribution in [3.05, 3.63) is 176 Å². The normalized spacial score (nSPS) is 12.1. The summed E-state index contributed by atoms with van der Waals surface area (Å²) in [7, 11) is 0. The van der Waals surface area contributed by atoms with Crippen molar-refractivity contribution in [1.82, 2.24) is 8.80 Å². The Labute approximate surface area is 282 Å². The van der Waals surface area contributed by atoms with Gasteiger partial charge in [0.2, 0.25) is 0 Å². The SMILES string of the molecule is c1ccc2c(-c3ccc(N(c4ccc5c(c4)c4c6ccccc6n6c7ccccc7n5c46)c4cccc5ccccc45)cc3)cccc2c1. The van der Waals surface area contributed by atoms with E-state index in [2.05, 4.69) is 190 Å². The Hall–Kier alpha value is -6.58. The van der Waals surface area contributed by atoms with Crippen molar-refractivity contribution in [3.8, 4) is 11.1 Å². The summed E-state index contributed by atoms with van der Waals surface area (Å²) < 4.78 is 4.89. The van der Waals surface area contributed by atoms with Crippen molar-refractivity contribution in [2.24, 2.45) is 0 Å². The minimum Gasteiger partial charge on any atom is -0.310 e. The number of nitrogens with zero attached hydrogens (tertiary/aromatic N) is 3. The van der Waals surface area contributed by atoms with Gasteiger partial charge in [0, 0.05) is 32.9 Å². The number of anilines is 3. The van der Waals surface area contributed by atoms with Gasteiger partial charge in [0.1, 0.15) is 5.65 Å². The number of rotatable bonds is 4. The summed E-state index contributed by atoms with van der Waals surface area (Å²) in [6.45, 7) is 0. The highest BCUT2D eigenvalue weighted by molar-refractivity contribution is 6.24. The Morgan fingerprint density at radius 1 is 0.367 bits per heavy atom. The fraction of sp³-hybridized carbons (Fsp3) is 0. The van der Waals surface area contributed by atoms with Crippen LogP contribution >= 0.6 is 0 Å². The van der Waals surface area contributed by atoms with Gasteiger partial charge in [0.25, 0.3) is 0 Å². The molecule has 49 heavy (non-hydrogen) atoms. The lowest BCUT2D eigenvalue weighted by atomic mass is 9.98. The van der Waals surface area contributed by atoms with Gasteiger partial charge in [0.15, 0.2) is 0 Å². The van der Waals surface area contributed by atoms with Crippen LogP contribution in [0.15, 0.2) is 176 Å². The quantitative estimate of drug-likeness (QED) is 0.190. The fourth-order valence-electron chi connectivity index (χ4n) is 8.30. The van der Waals surface area contributed by atoms with E-state index in [1.54, 1.807) is 0 Å². The Kier molecular flexibility index (Phi) is 5.38. The molecule has 0 unspecified atom stereocenters. The molecule has 3 aromatic heterocycles. The smallest absolute Gasteiger partial charge is 0.131 e. The van der Waals surface area contributed by atoms with E-state index < -0.39 is 0 Å². The molecule has 0 aliphatic heterocycles. The molecule has 11 rings (SSSR count). The summed E-state index contributed by atoms with van der Waals surface area (Å²) in [6.07, 6.45) is 0. The molecule has 0 radical (unpaired) electrons. The zero-order chi connectivity index (χ0) is 32.1. The van der Waals surface area contributed by atoms with Gasteiger partial charge in [-0.15, -0.1) is 0 Å². The lowest BCUT2D eigenvalue weighted by molar-refractivity contribution is 1.28. The standard InChI is InChI=1S/C46H29N3/c1-3-15-35-30(11-1)13-9-18-36(35)32-23-25-33(26-24-32)47(40-22-10-14-31-12-2-4-16-37(31)40)34-27-28-42-39(29-34)45-38-17-5-6-19-41(38)48-43-20-7-8-21-44(43)49(42)46(45)48/h1-29H. The summed E-state index contributed by atoms with van der Waals surface area (Å²) in [6, 6.07) is 64.2. The highest BCUT2D eigenvalue weighted by Crippen LogP contribution is 2.45. The monoisotopic (exact) mass is 623 g/mol. The van der Waals surface area contributed by atoms with E-state index >= 15 is 0 Å². The minimum absolute atomic E-state index is 1.12. The molecule has 3 nitrogen and oxygen atoms in total. The number of imidazole rings is 1. The van der Waals surface area contributed by atoms with Gasteiger partial charge in [-0.2, -0.15) is 0 Å². The van der Waals surface area contributed by atoms with E-state index in [4.69, 9.17) is 0 Å². The lowest BCUT2D eigenvalue weighted by Crippen LogP contribution is -2.10. The summed E-state index contributed by atoms with van der Waals surface area (Å²) in [5.74, 6) is 0. The zero-order valence-corrected chi connectivity index (χ0v) is 26.6. The first-order valence-corrected chi connectivity index (χ1v) is 16.9. The van der Waals surface area contributed by atoms with Crippen LogP contribution in [0.2, 0.25) is 0 Å². The number of benzene rings is 8. The van der Waals surface area contributed by atoms with Crippen LogP contribution in [0.4, 0.5) is 17.1 Å². The van der Waals surface area contributed by atoms with Crippen LogP contribution < -0.4 is 4.90 Å².